The lowest BCUT2D eigenvalue weighted by atomic mass is 10.1. The third-order valence-electron chi connectivity index (χ3n) is 4.71. The molecule has 0 spiro atoms. The van der Waals surface area contributed by atoms with Gasteiger partial charge in [0.1, 0.15) is 5.75 Å². The number of piperidine rings is 1. The molecule has 0 bridgehead atoms. The first-order valence-electron chi connectivity index (χ1n) is 8.97. The monoisotopic (exact) mass is 397 g/mol. The number of carbonyl (C=O) groups excluding carboxylic acids is 1. The summed E-state index contributed by atoms with van der Waals surface area (Å²) in [5, 5.41) is 11.5. The maximum atomic E-state index is 12.7. The molecule has 10 heteroatoms. The van der Waals surface area contributed by atoms with E-state index in [1.165, 1.54) is 29.2 Å². The molecule has 1 aliphatic rings. The Labute approximate surface area is 160 Å². The summed E-state index contributed by atoms with van der Waals surface area (Å²) in [5.74, 6) is -0.584. The number of hydrogen-bond donors (Lipinski definition) is 1. The molecule has 1 amide bonds. The van der Waals surface area contributed by atoms with Gasteiger partial charge in [0.25, 0.3) is 5.91 Å². The number of ether oxygens (including phenoxy) is 1. The van der Waals surface area contributed by atoms with E-state index in [2.05, 4.69) is 20.4 Å². The zero-order valence-electron chi connectivity index (χ0n) is 15.7. The number of carbonyl (C=O) groups is 1. The molecular weight excluding hydrogens is 375 g/mol. The summed E-state index contributed by atoms with van der Waals surface area (Å²) in [4.78, 5) is 14.2. The highest BCUT2D eigenvalue weighted by Crippen LogP contribution is 2.24. The summed E-state index contributed by atoms with van der Waals surface area (Å²) >= 11 is 0. The van der Waals surface area contributed by atoms with Gasteiger partial charge >= 0.3 is 6.36 Å². The smallest absolute Gasteiger partial charge is 0.406 e. The number of nitrogens with zero attached hydrogens (tertiary/aromatic N) is 4. The molecule has 7 nitrogen and oxygen atoms in total. The Morgan fingerprint density at radius 1 is 1.29 bits per heavy atom. The summed E-state index contributed by atoms with van der Waals surface area (Å²) < 4.78 is 42.3. The lowest BCUT2D eigenvalue weighted by molar-refractivity contribution is -0.274. The second-order valence-electron chi connectivity index (χ2n) is 6.80. The summed E-state index contributed by atoms with van der Waals surface area (Å²) in [5.41, 5.74) is 1.68. The van der Waals surface area contributed by atoms with Crippen molar-refractivity contribution in [3.63, 3.8) is 0 Å². The maximum Gasteiger partial charge on any atom is 0.573 e. The highest BCUT2D eigenvalue weighted by atomic mass is 19.4. The molecule has 0 radical (unpaired) electrons. The van der Waals surface area contributed by atoms with Crippen LogP contribution >= 0.6 is 0 Å². The van der Waals surface area contributed by atoms with Crippen LogP contribution in [0.25, 0.3) is 0 Å². The van der Waals surface area contributed by atoms with E-state index in [4.69, 9.17) is 0 Å². The number of hydrogen-bond acceptors (Lipinski definition) is 5. The molecule has 1 saturated heterocycles. The number of benzene rings is 1. The molecule has 152 valence electrons. The average Bonchev–Trinajstić information content (AvgIpc) is 3.03. The van der Waals surface area contributed by atoms with Gasteiger partial charge in [0.2, 0.25) is 0 Å². The minimum absolute atomic E-state index is 0.224. The fourth-order valence-corrected chi connectivity index (χ4v) is 3.26. The van der Waals surface area contributed by atoms with Crippen LogP contribution in [0.5, 0.6) is 5.75 Å². The Hall–Kier alpha value is -2.62. The van der Waals surface area contributed by atoms with E-state index in [1.807, 2.05) is 11.6 Å². The molecule has 1 fully saturated rings. The lowest BCUT2D eigenvalue weighted by Crippen LogP contribution is -2.30. The van der Waals surface area contributed by atoms with E-state index < -0.39 is 6.36 Å². The van der Waals surface area contributed by atoms with Crippen LogP contribution in [0.2, 0.25) is 0 Å². The fourth-order valence-electron chi connectivity index (χ4n) is 3.26. The molecule has 1 aromatic carbocycles. The Morgan fingerprint density at radius 3 is 2.54 bits per heavy atom. The van der Waals surface area contributed by atoms with E-state index >= 15 is 0 Å². The number of rotatable bonds is 5. The highest BCUT2D eigenvalue weighted by molar-refractivity contribution is 5.93. The third kappa shape index (κ3) is 4.80. The van der Waals surface area contributed by atoms with Crippen molar-refractivity contribution in [2.24, 2.45) is 0 Å². The van der Waals surface area contributed by atoms with Crippen molar-refractivity contribution >= 4 is 5.91 Å². The molecule has 1 aromatic heterocycles. The molecule has 3 rings (SSSR count). The quantitative estimate of drug-likeness (QED) is 0.840. The van der Waals surface area contributed by atoms with Crippen LogP contribution in [0.4, 0.5) is 13.2 Å². The standard InChI is InChI=1S/C18H22F3N5O2/c1-12-16(23-24-26(12)14-7-9-22-10-8-14)17(27)25(2)11-13-3-5-15(6-4-13)28-18(19,20)21/h3-6,14,22H,7-11H2,1-2H3. The van der Waals surface area contributed by atoms with Crippen molar-refractivity contribution in [3.05, 3.63) is 41.2 Å². The van der Waals surface area contributed by atoms with Crippen molar-refractivity contribution in [2.45, 2.75) is 38.7 Å². The zero-order chi connectivity index (χ0) is 20.3. The number of nitrogens with one attached hydrogen (secondary N) is 1. The summed E-state index contributed by atoms with van der Waals surface area (Å²) in [6.07, 6.45) is -2.87. The van der Waals surface area contributed by atoms with Crippen molar-refractivity contribution < 1.29 is 22.7 Å². The molecule has 0 atom stereocenters. The van der Waals surface area contributed by atoms with Crippen LogP contribution in [0.15, 0.2) is 24.3 Å². The van der Waals surface area contributed by atoms with Crippen molar-refractivity contribution in [1.82, 2.24) is 25.2 Å². The molecule has 1 N–H and O–H groups in total. The molecule has 28 heavy (non-hydrogen) atoms. The van der Waals surface area contributed by atoms with Gasteiger partial charge in [-0.1, -0.05) is 17.3 Å². The minimum Gasteiger partial charge on any atom is -0.406 e. The molecule has 2 aromatic rings. The summed E-state index contributed by atoms with van der Waals surface area (Å²) in [7, 11) is 1.62. The van der Waals surface area contributed by atoms with E-state index in [1.54, 1.807) is 7.05 Å². The van der Waals surface area contributed by atoms with Gasteiger partial charge in [-0.05, 0) is 50.6 Å². The Kier molecular flexibility index (Phi) is 5.87. The van der Waals surface area contributed by atoms with Gasteiger partial charge in [-0.3, -0.25) is 4.79 Å². The topological polar surface area (TPSA) is 72.3 Å². The Bertz CT molecular complexity index is 814. The Balaban J connectivity index is 1.65. The van der Waals surface area contributed by atoms with Crippen LogP contribution in [0.1, 0.15) is 40.6 Å². The molecule has 2 heterocycles. The van der Waals surface area contributed by atoms with Crippen molar-refractivity contribution in [1.29, 1.82) is 0 Å². The molecule has 0 unspecified atom stereocenters. The van der Waals surface area contributed by atoms with E-state index in [9.17, 15) is 18.0 Å². The molecule has 1 aliphatic heterocycles. The van der Waals surface area contributed by atoms with Gasteiger partial charge in [0.15, 0.2) is 5.69 Å². The first-order chi connectivity index (χ1) is 13.2. The number of amides is 1. The van der Waals surface area contributed by atoms with E-state index in [0.717, 1.165) is 31.6 Å². The van der Waals surface area contributed by atoms with Gasteiger partial charge in [0.05, 0.1) is 11.7 Å². The molecule has 0 saturated carbocycles. The van der Waals surface area contributed by atoms with E-state index in [-0.39, 0.29) is 29.9 Å². The lowest BCUT2D eigenvalue weighted by Gasteiger charge is -2.23. The van der Waals surface area contributed by atoms with Gasteiger partial charge in [-0.2, -0.15) is 0 Å². The van der Waals surface area contributed by atoms with Crippen LogP contribution in [-0.4, -0.2) is 52.3 Å². The first kappa shape index (κ1) is 20.1. The van der Waals surface area contributed by atoms with Gasteiger partial charge in [0, 0.05) is 13.6 Å². The maximum absolute atomic E-state index is 12.7. The predicted molar refractivity (Wildman–Crippen MR) is 94.8 cm³/mol. The van der Waals surface area contributed by atoms with Gasteiger partial charge in [-0.15, -0.1) is 18.3 Å². The van der Waals surface area contributed by atoms with Crippen molar-refractivity contribution in [2.75, 3.05) is 20.1 Å². The van der Waals surface area contributed by atoms with Crippen molar-refractivity contribution in [3.8, 4) is 5.75 Å². The van der Waals surface area contributed by atoms with Gasteiger partial charge < -0.3 is 15.0 Å². The van der Waals surface area contributed by atoms with Crippen LogP contribution in [0, 0.1) is 6.92 Å². The molecular formula is C18H22F3N5O2. The SMILES string of the molecule is Cc1c(C(=O)N(C)Cc2ccc(OC(F)(F)F)cc2)nnn1C1CCNCC1. The van der Waals surface area contributed by atoms with Gasteiger partial charge in [-0.25, -0.2) is 4.68 Å². The van der Waals surface area contributed by atoms with Crippen LogP contribution < -0.4 is 10.1 Å². The second kappa shape index (κ2) is 8.17. The largest absolute Gasteiger partial charge is 0.573 e. The zero-order valence-corrected chi connectivity index (χ0v) is 15.7. The minimum atomic E-state index is -4.73. The summed E-state index contributed by atoms with van der Waals surface area (Å²) in [6.45, 7) is 3.86. The van der Waals surface area contributed by atoms with E-state index in [0.29, 0.717) is 5.56 Å². The number of halogens is 3. The van der Waals surface area contributed by atoms with Crippen LogP contribution in [0.3, 0.4) is 0 Å². The fraction of sp³-hybridized carbons (Fsp3) is 0.500. The third-order valence-corrected chi connectivity index (χ3v) is 4.71. The molecule has 0 aliphatic carbocycles. The number of aromatic nitrogens is 3. The Morgan fingerprint density at radius 2 is 1.93 bits per heavy atom. The second-order valence-corrected chi connectivity index (χ2v) is 6.80. The first-order valence-corrected chi connectivity index (χ1v) is 8.97. The normalized spacial score (nSPS) is 15.5. The predicted octanol–water partition coefficient (Wildman–Crippen LogP) is 2.68. The number of alkyl halides is 3. The van der Waals surface area contributed by atoms with Crippen LogP contribution in [-0.2, 0) is 6.54 Å². The summed E-state index contributed by atoms with van der Waals surface area (Å²) in [6, 6.07) is 5.65. The highest BCUT2D eigenvalue weighted by Gasteiger charge is 2.31. The average molecular weight is 397 g/mol.